The first-order chi connectivity index (χ1) is 20.0. The Morgan fingerprint density at radius 1 is 1.05 bits per heavy atom. The van der Waals surface area contributed by atoms with E-state index in [0.717, 1.165) is 17.8 Å². The number of nitrogens with zero attached hydrogens (tertiary/aromatic N) is 3. The third-order valence-corrected chi connectivity index (χ3v) is 11.3. The molecule has 1 amide bonds. The third kappa shape index (κ3) is 4.69. The summed E-state index contributed by atoms with van der Waals surface area (Å²) in [4.78, 5) is 21.3. The van der Waals surface area contributed by atoms with Crippen LogP contribution in [0, 0.1) is 29.4 Å². The molecule has 0 aliphatic heterocycles. The molecule has 4 aromatic rings. The van der Waals surface area contributed by atoms with E-state index in [4.69, 9.17) is 11.6 Å². The van der Waals surface area contributed by atoms with Gasteiger partial charge in [-0.05, 0) is 79.5 Å². The van der Waals surface area contributed by atoms with E-state index in [0.29, 0.717) is 12.2 Å². The summed E-state index contributed by atoms with van der Waals surface area (Å²) in [5, 5.41) is 13.8. The Balaban J connectivity index is 1.29. The van der Waals surface area contributed by atoms with Crippen LogP contribution in [0.4, 0.5) is 14.5 Å². The number of rotatable bonds is 6. The van der Waals surface area contributed by atoms with Crippen molar-refractivity contribution in [2.24, 2.45) is 17.8 Å². The minimum absolute atomic E-state index is 0.00857. The second kappa shape index (κ2) is 10.6. The van der Waals surface area contributed by atoms with Crippen molar-refractivity contribution in [2.75, 3.05) is 5.32 Å². The number of imidazole rings is 1. The zero-order chi connectivity index (χ0) is 29.8. The molecule has 2 aromatic carbocycles. The first-order valence-electron chi connectivity index (χ1n) is 13.5. The maximum Gasteiger partial charge on any atom is 0.255 e. The number of nitrogens with one attached hydrogen (secondary N) is 1. The van der Waals surface area contributed by atoms with Crippen molar-refractivity contribution in [1.82, 2.24) is 14.5 Å². The summed E-state index contributed by atoms with van der Waals surface area (Å²) in [5.41, 5.74) is -0.544. The fourth-order valence-corrected chi connectivity index (χ4v) is 9.02. The molecule has 2 heterocycles. The third-order valence-electron chi connectivity index (χ3n) is 8.65. The molecular weight excluding hydrogens is 586 g/mol. The number of aliphatic hydroxyl groups is 1. The van der Waals surface area contributed by atoms with Crippen molar-refractivity contribution in [3.8, 4) is 5.69 Å². The van der Waals surface area contributed by atoms with Crippen molar-refractivity contribution >= 4 is 33.0 Å². The van der Waals surface area contributed by atoms with Gasteiger partial charge in [0, 0.05) is 47.8 Å². The van der Waals surface area contributed by atoms with Crippen LogP contribution in [0.2, 0.25) is 5.02 Å². The Hall–Kier alpha value is -3.67. The number of hydrogen-bond donors (Lipinski definition) is 2. The molecule has 0 spiro atoms. The summed E-state index contributed by atoms with van der Waals surface area (Å²) in [6.45, 7) is 2.01. The van der Waals surface area contributed by atoms with E-state index in [1.807, 2.05) is 23.6 Å². The van der Waals surface area contributed by atoms with Crippen molar-refractivity contribution in [1.29, 1.82) is 0 Å². The number of carbonyl (C=O) groups is 1. The molecule has 0 saturated heterocycles. The molecule has 2 aromatic heterocycles. The van der Waals surface area contributed by atoms with Gasteiger partial charge >= 0.3 is 0 Å². The molecule has 2 fully saturated rings. The molecule has 2 bridgehead atoms. The molecule has 2 aliphatic carbocycles. The lowest BCUT2D eigenvalue weighted by molar-refractivity contribution is -0.0780. The van der Waals surface area contributed by atoms with E-state index in [1.54, 1.807) is 24.8 Å². The quantitative estimate of drug-likeness (QED) is 0.295. The fraction of sp³-hybridized carbons (Fsp3) is 0.300. The average molecular weight is 613 g/mol. The van der Waals surface area contributed by atoms with Gasteiger partial charge in [-0.3, -0.25) is 9.78 Å². The maximum atomic E-state index is 14.0. The van der Waals surface area contributed by atoms with Gasteiger partial charge < -0.3 is 15.0 Å². The molecule has 218 valence electrons. The highest BCUT2D eigenvalue weighted by Gasteiger charge is 2.61. The van der Waals surface area contributed by atoms with Crippen LogP contribution in [-0.4, -0.2) is 39.2 Å². The van der Waals surface area contributed by atoms with Gasteiger partial charge in [0.1, 0.15) is 11.4 Å². The number of fused-ring (bicyclic) bond motifs is 2. The van der Waals surface area contributed by atoms with Crippen LogP contribution in [0.1, 0.15) is 42.4 Å². The summed E-state index contributed by atoms with van der Waals surface area (Å²) >= 11 is 6.38. The molecule has 2 aliphatic rings. The number of pyridine rings is 1. The SMILES string of the molecule is C[C@H]1CC2C[C@@H](S(=O)(=O)c3cc(C(=O)Nc4ccc(F)c(F)c4)ccc3Cl)C[C@H]1[C@@]2(O)c1nccn1-c1ccncc1. The van der Waals surface area contributed by atoms with Gasteiger partial charge in [-0.1, -0.05) is 18.5 Å². The summed E-state index contributed by atoms with van der Waals surface area (Å²) in [6, 6.07) is 10.4. The van der Waals surface area contributed by atoms with Gasteiger partial charge in [-0.2, -0.15) is 0 Å². The average Bonchev–Trinajstić information content (AvgIpc) is 3.49. The molecule has 5 atom stereocenters. The fourth-order valence-electron chi connectivity index (χ4n) is 6.65. The lowest BCUT2D eigenvalue weighted by Crippen LogP contribution is -2.48. The largest absolute Gasteiger partial charge is 0.381 e. The molecule has 2 saturated carbocycles. The standard InChI is InChI=1S/C30H27ClF2N4O4S/c1-17-12-19-14-22(16-23(17)30(19,39)29-35-10-11-37(29)21-6-8-34-9-7-21)42(40,41)27-13-18(2-4-24(27)31)28(38)36-20-3-5-25(32)26(33)15-20/h2-11,13,15,17,19,22-23,39H,12,14,16H2,1H3,(H,36,38)/t17-,19?,22+,23+,30+/m0/s1. The van der Waals surface area contributed by atoms with Crippen molar-refractivity contribution in [2.45, 2.75) is 41.9 Å². The Labute approximate surface area is 246 Å². The van der Waals surface area contributed by atoms with E-state index in [-0.39, 0.29) is 45.8 Å². The van der Waals surface area contributed by atoms with Crippen LogP contribution in [0.3, 0.4) is 0 Å². The zero-order valence-electron chi connectivity index (χ0n) is 22.4. The summed E-state index contributed by atoms with van der Waals surface area (Å²) in [7, 11) is -4.03. The molecule has 0 radical (unpaired) electrons. The van der Waals surface area contributed by atoms with Crippen molar-refractivity contribution in [3.63, 3.8) is 0 Å². The summed E-state index contributed by atoms with van der Waals surface area (Å²) in [5.74, 6) is -3.16. The van der Waals surface area contributed by atoms with Gasteiger partial charge in [0.25, 0.3) is 5.91 Å². The molecule has 42 heavy (non-hydrogen) atoms. The van der Waals surface area contributed by atoms with Crippen LogP contribution in [0.15, 0.2) is 78.2 Å². The second-order valence-electron chi connectivity index (χ2n) is 11.0. The van der Waals surface area contributed by atoms with Gasteiger partial charge in [-0.15, -0.1) is 0 Å². The molecule has 12 heteroatoms. The number of amides is 1. The van der Waals surface area contributed by atoms with E-state index in [1.165, 1.54) is 24.3 Å². The second-order valence-corrected chi connectivity index (χ2v) is 13.6. The smallest absolute Gasteiger partial charge is 0.255 e. The molecular formula is C30H27ClF2N4O4S. The minimum Gasteiger partial charge on any atom is -0.381 e. The highest BCUT2D eigenvalue weighted by atomic mass is 35.5. The molecule has 6 rings (SSSR count). The maximum absolute atomic E-state index is 14.0. The topological polar surface area (TPSA) is 114 Å². The Bertz CT molecular complexity index is 1790. The van der Waals surface area contributed by atoms with Crippen LogP contribution >= 0.6 is 11.6 Å². The van der Waals surface area contributed by atoms with Crippen molar-refractivity contribution in [3.05, 3.63) is 101 Å². The van der Waals surface area contributed by atoms with E-state index >= 15 is 0 Å². The van der Waals surface area contributed by atoms with Crippen molar-refractivity contribution < 1.29 is 27.1 Å². The van der Waals surface area contributed by atoms with E-state index in [9.17, 15) is 27.1 Å². The normalized spacial score (nSPS) is 25.4. The van der Waals surface area contributed by atoms with E-state index in [2.05, 4.69) is 15.3 Å². The lowest BCUT2D eigenvalue weighted by atomic mass is 9.72. The number of carbonyl (C=O) groups excluding carboxylic acids is 1. The van der Waals surface area contributed by atoms with Crippen LogP contribution in [0.5, 0.6) is 0 Å². The van der Waals surface area contributed by atoms with Crippen LogP contribution in [0.25, 0.3) is 5.69 Å². The van der Waals surface area contributed by atoms with Gasteiger partial charge in [0.05, 0.1) is 15.2 Å². The molecule has 8 nitrogen and oxygen atoms in total. The summed E-state index contributed by atoms with van der Waals surface area (Å²) < 4.78 is 56.7. The minimum atomic E-state index is -4.03. The predicted molar refractivity (Wildman–Crippen MR) is 152 cm³/mol. The predicted octanol–water partition coefficient (Wildman–Crippen LogP) is 5.55. The van der Waals surface area contributed by atoms with Crippen LogP contribution in [-0.2, 0) is 15.4 Å². The van der Waals surface area contributed by atoms with Crippen LogP contribution < -0.4 is 5.32 Å². The number of sulfone groups is 1. The van der Waals surface area contributed by atoms with Gasteiger partial charge in [0.2, 0.25) is 0 Å². The number of hydrogen-bond acceptors (Lipinski definition) is 6. The van der Waals surface area contributed by atoms with Gasteiger partial charge in [0.15, 0.2) is 21.5 Å². The first-order valence-corrected chi connectivity index (χ1v) is 15.4. The highest BCUT2D eigenvalue weighted by molar-refractivity contribution is 7.92. The zero-order valence-corrected chi connectivity index (χ0v) is 24.0. The number of halogens is 3. The molecule has 1 unspecified atom stereocenters. The number of anilines is 1. The Morgan fingerprint density at radius 2 is 1.81 bits per heavy atom. The summed E-state index contributed by atoms with van der Waals surface area (Å²) in [6.07, 6.45) is 7.69. The lowest BCUT2D eigenvalue weighted by Gasteiger charge is -2.42. The number of benzene rings is 2. The first kappa shape index (κ1) is 28.4. The monoisotopic (exact) mass is 612 g/mol. The Kier molecular flexibility index (Phi) is 7.15. The highest BCUT2D eigenvalue weighted by Crippen LogP contribution is 2.59. The number of aromatic nitrogens is 3. The Morgan fingerprint density at radius 3 is 2.52 bits per heavy atom. The van der Waals surface area contributed by atoms with E-state index < -0.39 is 44.1 Å². The molecule has 2 N–H and O–H groups in total. The van der Waals surface area contributed by atoms with Gasteiger partial charge in [-0.25, -0.2) is 22.2 Å².